The Balaban J connectivity index is 4.33. The molecule has 0 aromatic heterocycles. The molecule has 6 nitrogen and oxygen atoms in total. The molecule has 75 heavy (non-hydrogen) atoms. The van der Waals surface area contributed by atoms with Gasteiger partial charge in [-0.05, 0) is 83.5 Å². The molecule has 1 atom stereocenters. The van der Waals surface area contributed by atoms with E-state index in [2.05, 4.69) is 112 Å². The van der Waals surface area contributed by atoms with E-state index in [1.54, 1.807) is 0 Å². The summed E-state index contributed by atoms with van der Waals surface area (Å²) in [5, 5.41) is 0. The van der Waals surface area contributed by atoms with Gasteiger partial charge < -0.3 is 14.2 Å². The highest BCUT2D eigenvalue weighted by Crippen LogP contribution is 2.17. The molecule has 0 aliphatic carbocycles. The Bertz CT molecular complexity index is 1480. The van der Waals surface area contributed by atoms with Gasteiger partial charge in [0.1, 0.15) is 13.2 Å². The van der Waals surface area contributed by atoms with Gasteiger partial charge in [0.05, 0.1) is 0 Å². The second kappa shape index (κ2) is 62.9. The fraction of sp³-hybridized carbons (Fsp3) is 0.725. The third kappa shape index (κ3) is 61.1. The van der Waals surface area contributed by atoms with Gasteiger partial charge in [-0.25, -0.2) is 0 Å². The van der Waals surface area contributed by atoms with Gasteiger partial charge in [0, 0.05) is 19.3 Å². The van der Waals surface area contributed by atoms with Crippen molar-refractivity contribution in [2.75, 3.05) is 13.2 Å². The molecule has 0 radical (unpaired) electrons. The molecule has 6 heteroatoms. The Morgan fingerprint density at radius 3 is 0.893 bits per heavy atom. The zero-order valence-electron chi connectivity index (χ0n) is 49.3. The number of hydrogen-bond donors (Lipinski definition) is 0. The molecular weight excluding hydrogens is 925 g/mol. The normalized spacial score (nSPS) is 12.7. The second-order valence-electron chi connectivity index (χ2n) is 20.9. The first-order valence-electron chi connectivity index (χ1n) is 31.7. The van der Waals surface area contributed by atoms with E-state index in [-0.39, 0.29) is 37.5 Å². The molecule has 0 rings (SSSR count). The van der Waals surface area contributed by atoms with Crippen molar-refractivity contribution in [3.8, 4) is 0 Å². The number of rotatable bonds is 57. The minimum absolute atomic E-state index is 0.0980. The molecule has 0 saturated carbocycles. The zero-order valence-corrected chi connectivity index (χ0v) is 49.3. The van der Waals surface area contributed by atoms with Crippen LogP contribution in [0.25, 0.3) is 0 Å². The lowest BCUT2D eigenvalue weighted by Crippen LogP contribution is -2.30. The lowest BCUT2D eigenvalue weighted by Gasteiger charge is -2.18. The van der Waals surface area contributed by atoms with Crippen molar-refractivity contribution in [3.63, 3.8) is 0 Å². The van der Waals surface area contributed by atoms with E-state index in [4.69, 9.17) is 14.2 Å². The number of ether oxygens (including phenoxy) is 3. The Labute approximate surface area is 464 Å². The maximum atomic E-state index is 12.9. The maximum absolute atomic E-state index is 12.9. The molecule has 0 heterocycles. The Morgan fingerprint density at radius 2 is 0.547 bits per heavy atom. The van der Waals surface area contributed by atoms with E-state index in [9.17, 15) is 14.4 Å². The SMILES string of the molecule is CC/C=C\C/C=C\C/C=C\C/C=C\CCCCCCCCCCCCCCC(=O)OCC(COC(=O)CC/C=C\C/C=C\C/C=C\C/C=C\CC)OC(=O)CCCCCCCCCCCCCCCCCCCCC. The summed E-state index contributed by atoms with van der Waals surface area (Å²) >= 11 is 0. The summed E-state index contributed by atoms with van der Waals surface area (Å²) in [6, 6.07) is 0. The molecule has 1 unspecified atom stereocenters. The van der Waals surface area contributed by atoms with Crippen LogP contribution in [0.3, 0.4) is 0 Å². The zero-order chi connectivity index (χ0) is 54.3. The molecule has 0 N–H and O–H groups in total. The van der Waals surface area contributed by atoms with Crippen molar-refractivity contribution in [2.45, 2.75) is 309 Å². The van der Waals surface area contributed by atoms with Crippen LogP contribution in [0.4, 0.5) is 0 Å². The van der Waals surface area contributed by atoms with E-state index >= 15 is 0 Å². The molecule has 0 spiro atoms. The lowest BCUT2D eigenvalue weighted by molar-refractivity contribution is -0.166. The maximum Gasteiger partial charge on any atom is 0.306 e. The van der Waals surface area contributed by atoms with Crippen molar-refractivity contribution < 1.29 is 28.6 Å². The fourth-order valence-corrected chi connectivity index (χ4v) is 8.92. The first-order chi connectivity index (χ1) is 37.0. The molecule has 0 fully saturated rings. The van der Waals surface area contributed by atoms with Crippen LogP contribution in [0.15, 0.2) is 97.2 Å². The van der Waals surface area contributed by atoms with Crippen molar-refractivity contribution in [3.05, 3.63) is 97.2 Å². The molecular formula is C69H118O6. The molecule has 0 aromatic rings. The number of allylic oxidation sites excluding steroid dienone is 16. The number of esters is 3. The van der Waals surface area contributed by atoms with E-state index in [0.717, 1.165) is 89.9 Å². The number of hydrogen-bond acceptors (Lipinski definition) is 6. The van der Waals surface area contributed by atoms with Crippen LogP contribution in [-0.4, -0.2) is 37.2 Å². The smallest absolute Gasteiger partial charge is 0.306 e. The summed E-state index contributed by atoms with van der Waals surface area (Å²) in [7, 11) is 0. The standard InChI is InChI=1S/C69H118O6/c1-4-7-10-13-16-19-22-25-27-29-31-32-33-34-35-36-38-39-41-44-47-50-53-56-59-62-68(71)74-65-66(64-73-67(70)61-58-55-52-49-46-43-24-21-18-15-12-9-6-3)75-69(72)63-60-57-54-51-48-45-42-40-37-30-28-26-23-20-17-14-11-8-5-2/h7,9-10,12,16,18-19,21,25,27,31-32,43,46,52,55,66H,4-6,8,11,13-15,17,20,22-24,26,28-30,33-42,44-45,47-51,53-54,56-65H2,1-3H3/b10-7-,12-9-,19-16-,21-18-,27-25-,32-31-,46-43-,55-52-. The minimum atomic E-state index is -0.806. The Morgan fingerprint density at radius 1 is 0.280 bits per heavy atom. The molecule has 0 amide bonds. The number of unbranched alkanes of at least 4 members (excludes halogenated alkanes) is 30. The van der Waals surface area contributed by atoms with Crippen molar-refractivity contribution in [1.82, 2.24) is 0 Å². The van der Waals surface area contributed by atoms with Gasteiger partial charge in [0.2, 0.25) is 0 Å². The van der Waals surface area contributed by atoms with Gasteiger partial charge in [-0.2, -0.15) is 0 Å². The topological polar surface area (TPSA) is 78.9 Å². The third-order valence-electron chi connectivity index (χ3n) is 13.6. The summed E-state index contributed by atoms with van der Waals surface area (Å²) in [4.78, 5) is 38.2. The summed E-state index contributed by atoms with van der Waals surface area (Å²) in [6.07, 6.45) is 84.3. The summed E-state index contributed by atoms with van der Waals surface area (Å²) in [5.74, 6) is -0.973. The molecule has 0 bridgehead atoms. The van der Waals surface area contributed by atoms with E-state index in [0.29, 0.717) is 19.3 Å². The van der Waals surface area contributed by atoms with Crippen LogP contribution in [0.1, 0.15) is 303 Å². The van der Waals surface area contributed by atoms with Crippen molar-refractivity contribution in [1.29, 1.82) is 0 Å². The highest BCUT2D eigenvalue weighted by molar-refractivity contribution is 5.71. The van der Waals surface area contributed by atoms with Gasteiger partial charge in [0.25, 0.3) is 0 Å². The van der Waals surface area contributed by atoms with Gasteiger partial charge in [-0.15, -0.1) is 0 Å². The largest absolute Gasteiger partial charge is 0.462 e. The van der Waals surface area contributed by atoms with Crippen LogP contribution >= 0.6 is 0 Å². The van der Waals surface area contributed by atoms with Gasteiger partial charge in [-0.3, -0.25) is 14.4 Å². The van der Waals surface area contributed by atoms with E-state index in [1.807, 2.05) is 6.08 Å². The van der Waals surface area contributed by atoms with Crippen molar-refractivity contribution >= 4 is 17.9 Å². The van der Waals surface area contributed by atoms with Gasteiger partial charge in [-0.1, -0.05) is 298 Å². The van der Waals surface area contributed by atoms with Crippen molar-refractivity contribution in [2.24, 2.45) is 0 Å². The van der Waals surface area contributed by atoms with Crippen LogP contribution in [0.2, 0.25) is 0 Å². The average molecular weight is 1040 g/mol. The van der Waals surface area contributed by atoms with Crippen LogP contribution in [0, 0.1) is 0 Å². The summed E-state index contributed by atoms with van der Waals surface area (Å²) in [5.41, 5.74) is 0. The van der Waals surface area contributed by atoms with E-state index < -0.39 is 6.10 Å². The molecule has 0 aromatic carbocycles. The van der Waals surface area contributed by atoms with Crippen LogP contribution < -0.4 is 0 Å². The number of carbonyl (C=O) groups excluding carboxylic acids is 3. The monoisotopic (exact) mass is 1040 g/mol. The first-order valence-corrected chi connectivity index (χ1v) is 31.7. The first kappa shape index (κ1) is 71.3. The molecule has 0 aliphatic rings. The minimum Gasteiger partial charge on any atom is -0.462 e. The van der Waals surface area contributed by atoms with E-state index in [1.165, 1.54) is 167 Å². The quantitative estimate of drug-likeness (QED) is 0.0261. The second-order valence-corrected chi connectivity index (χ2v) is 20.9. The third-order valence-corrected chi connectivity index (χ3v) is 13.6. The molecule has 430 valence electrons. The van der Waals surface area contributed by atoms with Crippen LogP contribution in [0.5, 0.6) is 0 Å². The molecule has 0 aliphatic heterocycles. The molecule has 0 saturated heterocycles. The highest BCUT2D eigenvalue weighted by Gasteiger charge is 2.19. The highest BCUT2D eigenvalue weighted by atomic mass is 16.6. The Kier molecular flexibility index (Phi) is 59.8. The summed E-state index contributed by atoms with van der Waals surface area (Å²) < 4.78 is 16.8. The lowest BCUT2D eigenvalue weighted by atomic mass is 10.0. The number of carbonyl (C=O) groups is 3. The summed E-state index contributed by atoms with van der Waals surface area (Å²) in [6.45, 7) is 6.38. The van der Waals surface area contributed by atoms with Crippen LogP contribution in [-0.2, 0) is 28.6 Å². The predicted octanol–water partition coefficient (Wildman–Crippen LogP) is 21.7. The Hall–Kier alpha value is -3.67. The van der Waals surface area contributed by atoms with Gasteiger partial charge >= 0.3 is 17.9 Å². The average Bonchev–Trinajstić information content (AvgIpc) is 3.41. The fourth-order valence-electron chi connectivity index (χ4n) is 8.92. The van der Waals surface area contributed by atoms with Gasteiger partial charge in [0.15, 0.2) is 6.10 Å². The predicted molar refractivity (Wildman–Crippen MR) is 325 cm³/mol.